The summed E-state index contributed by atoms with van der Waals surface area (Å²) in [5, 5.41) is 4.96. The van der Waals surface area contributed by atoms with Crippen LogP contribution in [-0.2, 0) is 0 Å². The Morgan fingerprint density at radius 2 is 1.84 bits per heavy atom. The standard InChI is InChI=1S/C20H24ClN3O/c1-14-18(19(21)24(22-14)16-10-3-2-4-11-16)20(25)23-13-7-9-15-8-5-6-12-17(15)23/h2-4,10-11,15,17H,5-9,12-13H2,1H3/t15-,17-/m0/s1. The molecule has 0 N–H and O–H groups in total. The van der Waals surface area contributed by atoms with Gasteiger partial charge < -0.3 is 4.90 Å². The Kier molecular flexibility index (Phi) is 4.55. The van der Waals surface area contributed by atoms with Gasteiger partial charge in [0, 0.05) is 12.6 Å². The van der Waals surface area contributed by atoms with Crippen LogP contribution in [-0.4, -0.2) is 33.2 Å². The van der Waals surface area contributed by atoms with E-state index in [4.69, 9.17) is 11.6 Å². The number of nitrogens with zero attached hydrogens (tertiary/aromatic N) is 3. The summed E-state index contributed by atoms with van der Waals surface area (Å²) in [5.41, 5.74) is 2.15. The minimum absolute atomic E-state index is 0.0567. The molecule has 25 heavy (non-hydrogen) atoms. The van der Waals surface area contributed by atoms with E-state index in [1.807, 2.05) is 37.3 Å². The molecule has 2 atom stereocenters. The number of rotatable bonds is 2. The number of aryl methyl sites for hydroxylation is 1. The van der Waals surface area contributed by atoms with Crippen molar-refractivity contribution in [1.82, 2.24) is 14.7 Å². The summed E-state index contributed by atoms with van der Waals surface area (Å²) in [7, 11) is 0. The summed E-state index contributed by atoms with van der Waals surface area (Å²) >= 11 is 6.61. The molecule has 1 amide bonds. The lowest BCUT2D eigenvalue weighted by atomic mass is 9.78. The molecule has 2 fully saturated rings. The number of carbonyl (C=O) groups excluding carboxylic acids is 1. The predicted octanol–water partition coefficient (Wildman–Crippen LogP) is 4.63. The average Bonchev–Trinajstić information content (AvgIpc) is 2.96. The molecule has 5 heteroatoms. The predicted molar refractivity (Wildman–Crippen MR) is 99.3 cm³/mol. The number of halogens is 1. The second-order valence-corrected chi connectivity index (χ2v) is 7.61. The Hall–Kier alpha value is -1.81. The highest BCUT2D eigenvalue weighted by Gasteiger charge is 2.37. The van der Waals surface area contributed by atoms with Crippen LogP contribution in [0.4, 0.5) is 0 Å². The lowest BCUT2D eigenvalue weighted by Crippen LogP contribution is -2.49. The molecule has 4 nitrogen and oxygen atoms in total. The van der Waals surface area contributed by atoms with Crippen LogP contribution >= 0.6 is 11.6 Å². The first-order valence-electron chi connectivity index (χ1n) is 9.28. The minimum Gasteiger partial charge on any atom is -0.335 e. The number of benzene rings is 1. The summed E-state index contributed by atoms with van der Waals surface area (Å²) in [4.78, 5) is 15.4. The number of hydrogen-bond acceptors (Lipinski definition) is 2. The van der Waals surface area contributed by atoms with Crippen LogP contribution in [0, 0.1) is 12.8 Å². The van der Waals surface area contributed by atoms with E-state index in [1.165, 1.54) is 25.7 Å². The summed E-state index contributed by atoms with van der Waals surface area (Å²) in [6.45, 7) is 2.72. The smallest absolute Gasteiger partial charge is 0.259 e. The minimum atomic E-state index is 0.0567. The zero-order valence-electron chi connectivity index (χ0n) is 14.6. The number of aromatic nitrogens is 2. The average molecular weight is 358 g/mol. The van der Waals surface area contributed by atoms with Gasteiger partial charge in [-0.1, -0.05) is 42.6 Å². The van der Waals surface area contributed by atoms with Gasteiger partial charge in [-0.2, -0.15) is 5.10 Å². The highest BCUT2D eigenvalue weighted by molar-refractivity contribution is 6.33. The second-order valence-electron chi connectivity index (χ2n) is 7.25. The summed E-state index contributed by atoms with van der Waals surface area (Å²) in [6, 6.07) is 10.1. The van der Waals surface area contributed by atoms with Crippen LogP contribution < -0.4 is 0 Å². The van der Waals surface area contributed by atoms with Crippen LogP contribution in [0.1, 0.15) is 54.6 Å². The molecule has 2 aliphatic rings. The number of carbonyl (C=O) groups is 1. The highest BCUT2D eigenvalue weighted by atomic mass is 35.5. The van der Waals surface area contributed by atoms with Gasteiger partial charge in [-0.05, 0) is 50.7 Å². The van der Waals surface area contributed by atoms with Crippen LogP contribution in [0.15, 0.2) is 30.3 Å². The number of likely N-dealkylation sites (tertiary alicyclic amines) is 1. The van der Waals surface area contributed by atoms with E-state index in [2.05, 4.69) is 10.00 Å². The van der Waals surface area contributed by atoms with Crippen LogP contribution in [0.5, 0.6) is 0 Å². The number of piperidine rings is 1. The molecule has 0 spiro atoms. The highest BCUT2D eigenvalue weighted by Crippen LogP contribution is 2.37. The maximum Gasteiger partial charge on any atom is 0.259 e. The first-order valence-corrected chi connectivity index (χ1v) is 9.66. The monoisotopic (exact) mass is 357 g/mol. The van der Waals surface area contributed by atoms with E-state index in [9.17, 15) is 4.79 Å². The molecular formula is C20H24ClN3O. The summed E-state index contributed by atoms with van der Waals surface area (Å²) < 4.78 is 1.67. The van der Waals surface area contributed by atoms with E-state index in [1.54, 1.807) is 4.68 Å². The van der Waals surface area contributed by atoms with Gasteiger partial charge >= 0.3 is 0 Å². The fraction of sp³-hybridized carbons (Fsp3) is 0.500. The van der Waals surface area contributed by atoms with Gasteiger partial charge in [0.05, 0.1) is 16.9 Å². The van der Waals surface area contributed by atoms with Gasteiger partial charge in [0.2, 0.25) is 0 Å². The van der Waals surface area contributed by atoms with E-state index in [0.717, 1.165) is 25.1 Å². The van der Waals surface area contributed by atoms with E-state index in [-0.39, 0.29) is 5.91 Å². The zero-order chi connectivity index (χ0) is 17.4. The Morgan fingerprint density at radius 3 is 2.64 bits per heavy atom. The molecule has 0 bridgehead atoms. The quantitative estimate of drug-likeness (QED) is 0.786. The van der Waals surface area contributed by atoms with Crippen molar-refractivity contribution < 1.29 is 4.79 Å². The van der Waals surface area contributed by atoms with Crippen molar-refractivity contribution in [2.24, 2.45) is 5.92 Å². The molecule has 132 valence electrons. The fourth-order valence-electron chi connectivity index (χ4n) is 4.50. The third kappa shape index (κ3) is 2.97. The van der Waals surface area contributed by atoms with E-state index in [0.29, 0.717) is 28.4 Å². The van der Waals surface area contributed by atoms with Gasteiger partial charge in [-0.3, -0.25) is 4.79 Å². The molecule has 0 radical (unpaired) electrons. The number of hydrogen-bond donors (Lipinski definition) is 0. The van der Waals surface area contributed by atoms with Crippen molar-refractivity contribution in [3.8, 4) is 5.69 Å². The molecule has 1 aliphatic carbocycles. The van der Waals surface area contributed by atoms with E-state index >= 15 is 0 Å². The van der Waals surface area contributed by atoms with Crippen molar-refractivity contribution in [2.75, 3.05) is 6.54 Å². The second kappa shape index (κ2) is 6.83. The van der Waals surface area contributed by atoms with Crippen LogP contribution in [0.2, 0.25) is 5.15 Å². The summed E-state index contributed by atoms with van der Waals surface area (Å²) in [6.07, 6.45) is 7.25. The molecule has 0 unspecified atom stereocenters. The molecular weight excluding hydrogens is 334 g/mol. The summed E-state index contributed by atoms with van der Waals surface area (Å²) in [5.74, 6) is 0.719. The maximum atomic E-state index is 13.3. The maximum absolute atomic E-state index is 13.3. The zero-order valence-corrected chi connectivity index (χ0v) is 15.4. The van der Waals surface area contributed by atoms with Crippen molar-refractivity contribution >= 4 is 17.5 Å². The molecule has 1 saturated heterocycles. The largest absolute Gasteiger partial charge is 0.335 e. The van der Waals surface area contributed by atoms with Crippen molar-refractivity contribution in [2.45, 2.75) is 51.5 Å². The van der Waals surface area contributed by atoms with Crippen LogP contribution in [0.3, 0.4) is 0 Å². The fourth-order valence-corrected chi connectivity index (χ4v) is 4.86. The van der Waals surface area contributed by atoms with Gasteiger partial charge in [0.15, 0.2) is 0 Å². The molecule has 1 saturated carbocycles. The molecule has 2 aromatic rings. The molecule has 4 rings (SSSR count). The Balaban J connectivity index is 1.67. The molecule has 1 aromatic carbocycles. The first kappa shape index (κ1) is 16.6. The third-order valence-electron chi connectivity index (χ3n) is 5.72. The van der Waals surface area contributed by atoms with E-state index < -0.39 is 0 Å². The number of para-hydroxylation sites is 1. The van der Waals surface area contributed by atoms with Gasteiger partial charge in [0.1, 0.15) is 5.15 Å². The van der Waals surface area contributed by atoms with Crippen molar-refractivity contribution in [1.29, 1.82) is 0 Å². The molecule has 2 heterocycles. The van der Waals surface area contributed by atoms with Crippen LogP contribution in [0.25, 0.3) is 5.69 Å². The van der Waals surface area contributed by atoms with Crippen molar-refractivity contribution in [3.63, 3.8) is 0 Å². The van der Waals surface area contributed by atoms with Crippen molar-refractivity contribution in [3.05, 3.63) is 46.7 Å². The lowest BCUT2D eigenvalue weighted by molar-refractivity contribution is 0.0390. The van der Waals surface area contributed by atoms with Gasteiger partial charge in [-0.25, -0.2) is 4.68 Å². The van der Waals surface area contributed by atoms with Gasteiger partial charge in [0.25, 0.3) is 5.91 Å². The topological polar surface area (TPSA) is 38.1 Å². The third-order valence-corrected chi connectivity index (χ3v) is 6.07. The Morgan fingerprint density at radius 1 is 1.12 bits per heavy atom. The molecule has 1 aromatic heterocycles. The normalized spacial score (nSPS) is 23.4. The number of fused-ring (bicyclic) bond motifs is 1. The number of amides is 1. The van der Waals surface area contributed by atoms with Gasteiger partial charge in [-0.15, -0.1) is 0 Å². The first-order chi connectivity index (χ1) is 12.2. The Bertz CT molecular complexity index is 769. The lowest BCUT2D eigenvalue weighted by Gasteiger charge is -2.44. The molecule has 1 aliphatic heterocycles. The SMILES string of the molecule is Cc1nn(-c2ccccc2)c(Cl)c1C(=O)N1CCC[C@@H]2CCCC[C@@H]21. The Labute approximate surface area is 153 Å².